The zero-order valence-electron chi connectivity index (χ0n) is 11.7. The fraction of sp³-hybridized carbons (Fsp3) is 0.118. The molecule has 0 aliphatic carbocycles. The molecule has 3 nitrogen and oxygen atoms in total. The Morgan fingerprint density at radius 1 is 1.14 bits per heavy atom. The second-order valence-electron chi connectivity index (χ2n) is 4.73. The summed E-state index contributed by atoms with van der Waals surface area (Å²) in [5.74, 6) is 0.571. The normalized spacial score (nSPS) is 10.0. The van der Waals surface area contributed by atoms with Gasteiger partial charge in [0.25, 0.3) is 5.91 Å². The summed E-state index contributed by atoms with van der Waals surface area (Å²) in [5, 5.41) is 2.84. The van der Waals surface area contributed by atoms with E-state index in [1.54, 1.807) is 24.3 Å². The zero-order valence-corrected chi connectivity index (χ0v) is 13.3. The van der Waals surface area contributed by atoms with Crippen molar-refractivity contribution in [3.63, 3.8) is 0 Å². The highest BCUT2D eigenvalue weighted by Gasteiger charge is 2.06. The van der Waals surface area contributed by atoms with Crippen LogP contribution in [0.3, 0.4) is 0 Å². The summed E-state index contributed by atoms with van der Waals surface area (Å²) in [4.78, 5) is 12.1. The molecule has 0 bridgehead atoms. The fourth-order valence-electron chi connectivity index (χ4n) is 1.65. The van der Waals surface area contributed by atoms with Crippen LogP contribution in [-0.4, -0.2) is 12.5 Å². The number of carbonyl (C=O) groups is 1. The molecule has 1 N–H and O–H groups in total. The van der Waals surface area contributed by atoms with Gasteiger partial charge in [0, 0.05) is 15.7 Å². The van der Waals surface area contributed by atoms with Gasteiger partial charge in [-0.1, -0.05) is 22.5 Å². The van der Waals surface area contributed by atoms with Crippen molar-refractivity contribution >= 4 is 27.5 Å². The number of hydrogen-bond acceptors (Lipinski definition) is 2. The van der Waals surface area contributed by atoms with Gasteiger partial charge in [-0.3, -0.25) is 4.79 Å². The molecule has 0 heterocycles. The molecule has 108 valence electrons. The first kappa shape index (κ1) is 15.3. The zero-order chi connectivity index (χ0) is 15.2. The number of rotatable bonds is 5. The van der Waals surface area contributed by atoms with Crippen LogP contribution in [0.2, 0.25) is 0 Å². The summed E-state index contributed by atoms with van der Waals surface area (Å²) in [6.45, 7) is 6.16. The highest BCUT2D eigenvalue weighted by Crippen LogP contribution is 2.17. The maximum absolute atomic E-state index is 12.1. The predicted octanol–water partition coefficient (Wildman–Crippen LogP) is 4.66. The van der Waals surface area contributed by atoms with E-state index in [0.717, 1.165) is 21.5 Å². The van der Waals surface area contributed by atoms with Crippen molar-refractivity contribution in [3.8, 4) is 5.75 Å². The number of halogens is 1. The maximum Gasteiger partial charge on any atom is 0.255 e. The Kier molecular flexibility index (Phi) is 5.17. The largest absolute Gasteiger partial charge is 0.489 e. The fourth-order valence-corrected chi connectivity index (χ4v) is 1.91. The molecule has 2 aromatic carbocycles. The topological polar surface area (TPSA) is 38.3 Å². The Morgan fingerprint density at radius 2 is 1.76 bits per heavy atom. The van der Waals surface area contributed by atoms with Crippen LogP contribution in [0, 0.1) is 0 Å². The van der Waals surface area contributed by atoms with Gasteiger partial charge >= 0.3 is 0 Å². The van der Waals surface area contributed by atoms with E-state index in [2.05, 4.69) is 27.8 Å². The summed E-state index contributed by atoms with van der Waals surface area (Å²) in [5.41, 5.74) is 2.29. The van der Waals surface area contributed by atoms with Crippen LogP contribution in [0.25, 0.3) is 0 Å². The molecule has 0 fully saturated rings. The lowest BCUT2D eigenvalue weighted by Gasteiger charge is -2.08. The predicted molar refractivity (Wildman–Crippen MR) is 88.8 cm³/mol. The average molecular weight is 346 g/mol. The summed E-state index contributed by atoms with van der Waals surface area (Å²) < 4.78 is 6.47. The second kappa shape index (κ2) is 7.09. The van der Waals surface area contributed by atoms with Gasteiger partial charge in [-0.15, -0.1) is 0 Å². The molecule has 2 rings (SSSR count). The molecule has 0 saturated carbocycles. The number of carbonyl (C=O) groups excluding carboxylic acids is 1. The van der Waals surface area contributed by atoms with Gasteiger partial charge in [0.1, 0.15) is 12.4 Å². The minimum Gasteiger partial charge on any atom is -0.489 e. The quantitative estimate of drug-likeness (QED) is 0.800. The van der Waals surface area contributed by atoms with Crippen molar-refractivity contribution in [1.29, 1.82) is 0 Å². The van der Waals surface area contributed by atoms with E-state index in [9.17, 15) is 4.79 Å². The van der Waals surface area contributed by atoms with Gasteiger partial charge in [-0.25, -0.2) is 0 Å². The van der Waals surface area contributed by atoms with Crippen LogP contribution in [0.5, 0.6) is 5.75 Å². The third-order valence-electron chi connectivity index (χ3n) is 2.70. The first-order chi connectivity index (χ1) is 10.0. The van der Waals surface area contributed by atoms with Gasteiger partial charge in [0.15, 0.2) is 0 Å². The summed E-state index contributed by atoms with van der Waals surface area (Å²) >= 11 is 3.36. The Hall–Kier alpha value is -2.07. The first-order valence-electron chi connectivity index (χ1n) is 6.49. The molecule has 0 spiro atoms. The number of hydrogen-bond donors (Lipinski definition) is 1. The van der Waals surface area contributed by atoms with E-state index >= 15 is 0 Å². The molecule has 4 heteroatoms. The van der Waals surface area contributed by atoms with E-state index in [1.807, 2.05) is 31.2 Å². The second-order valence-corrected chi connectivity index (χ2v) is 5.65. The molecule has 21 heavy (non-hydrogen) atoms. The Morgan fingerprint density at radius 3 is 2.33 bits per heavy atom. The van der Waals surface area contributed by atoms with Crippen molar-refractivity contribution in [2.75, 3.05) is 11.9 Å². The minimum absolute atomic E-state index is 0.149. The van der Waals surface area contributed by atoms with Gasteiger partial charge < -0.3 is 10.1 Å². The Bertz CT molecular complexity index is 633. The highest BCUT2D eigenvalue weighted by atomic mass is 79.9. The Balaban J connectivity index is 1.99. The number of anilines is 1. The summed E-state index contributed by atoms with van der Waals surface area (Å²) in [6.07, 6.45) is 0. The monoisotopic (exact) mass is 345 g/mol. The van der Waals surface area contributed by atoms with E-state index in [4.69, 9.17) is 4.74 Å². The smallest absolute Gasteiger partial charge is 0.255 e. The molecule has 0 aromatic heterocycles. The third-order valence-corrected chi connectivity index (χ3v) is 3.23. The molecule has 0 unspecified atom stereocenters. The Labute approximate surface area is 132 Å². The van der Waals surface area contributed by atoms with Gasteiger partial charge in [-0.2, -0.15) is 0 Å². The molecule has 2 aromatic rings. The van der Waals surface area contributed by atoms with Crippen molar-refractivity contribution < 1.29 is 9.53 Å². The van der Waals surface area contributed by atoms with E-state index < -0.39 is 0 Å². The van der Waals surface area contributed by atoms with Crippen LogP contribution < -0.4 is 10.1 Å². The van der Waals surface area contributed by atoms with Crippen molar-refractivity contribution in [2.45, 2.75) is 6.92 Å². The minimum atomic E-state index is -0.149. The standard InChI is InChI=1S/C17H16BrNO2/c1-12(2)11-21-16-9-3-13(4-10-16)17(20)19-15-7-5-14(18)6-8-15/h3-10H,1,11H2,2H3,(H,19,20). The van der Waals surface area contributed by atoms with E-state index in [1.165, 1.54) is 0 Å². The lowest BCUT2D eigenvalue weighted by Crippen LogP contribution is -2.11. The van der Waals surface area contributed by atoms with Gasteiger partial charge in [0.05, 0.1) is 0 Å². The van der Waals surface area contributed by atoms with Crippen molar-refractivity contribution in [1.82, 2.24) is 0 Å². The molecular weight excluding hydrogens is 330 g/mol. The van der Waals surface area contributed by atoms with Crippen molar-refractivity contribution in [3.05, 3.63) is 70.7 Å². The van der Waals surface area contributed by atoms with Crippen LogP contribution >= 0.6 is 15.9 Å². The molecule has 0 radical (unpaired) electrons. The lowest BCUT2D eigenvalue weighted by molar-refractivity contribution is 0.102. The maximum atomic E-state index is 12.1. The number of nitrogens with one attached hydrogen (secondary N) is 1. The highest BCUT2D eigenvalue weighted by molar-refractivity contribution is 9.10. The summed E-state index contributed by atoms with van der Waals surface area (Å²) in [6, 6.07) is 14.5. The molecule has 0 saturated heterocycles. The van der Waals surface area contributed by atoms with Gasteiger partial charge in [0.2, 0.25) is 0 Å². The van der Waals surface area contributed by atoms with Crippen LogP contribution in [0.4, 0.5) is 5.69 Å². The molecule has 0 aliphatic heterocycles. The van der Waals surface area contributed by atoms with E-state index in [-0.39, 0.29) is 5.91 Å². The molecular formula is C17H16BrNO2. The number of ether oxygens (including phenoxy) is 1. The van der Waals surface area contributed by atoms with Crippen LogP contribution in [0.15, 0.2) is 65.2 Å². The molecule has 1 amide bonds. The van der Waals surface area contributed by atoms with Crippen molar-refractivity contribution in [2.24, 2.45) is 0 Å². The number of benzene rings is 2. The van der Waals surface area contributed by atoms with E-state index in [0.29, 0.717) is 12.2 Å². The third kappa shape index (κ3) is 4.76. The average Bonchev–Trinajstić information content (AvgIpc) is 2.48. The SMILES string of the molecule is C=C(C)COc1ccc(C(=O)Nc2ccc(Br)cc2)cc1. The molecule has 0 aliphatic rings. The number of amides is 1. The van der Waals surface area contributed by atoms with Gasteiger partial charge in [-0.05, 0) is 61.0 Å². The van der Waals surface area contributed by atoms with Crippen LogP contribution in [-0.2, 0) is 0 Å². The first-order valence-corrected chi connectivity index (χ1v) is 7.28. The van der Waals surface area contributed by atoms with Crippen LogP contribution in [0.1, 0.15) is 17.3 Å². The summed E-state index contributed by atoms with van der Waals surface area (Å²) in [7, 11) is 0. The molecule has 0 atom stereocenters. The lowest BCUT2D eigenvalue weighted by atomic mass is 10.2.